The average molecular weight is 355 g/mol. The molecule has 0 saturated heterocycles. The maximum atomic E-state index is 12.9. The number of rotatable bonds is 3. The van der Waals surface area contributed by atoms with E-state index in [9.17, 15) is 8.42 Å². The highest BCUT2D eigenvalue weighted by Gasteiger charge is 2.28. The highest BCUT2D eigenvalue weighted by atomic mass is 32.2. The predicted molar refractivity (Wildman–Crippen MR) is 105 cm³/mol. The first-order valence-electron chi connectivity index (χ1n) is 8.79. The van der Waals surface area contributed by atoms with E-state index in [4.69, 9.17) is 0 Å². The van der Waals surface area contributed by atoms with Gasteiger partial charge in [-0.3, -0.25) is 0 Å². The van der Waals surface area contributed by atoms with Crippen molar-refractivity contribution in [1.82, 2.24) is 0 Å². The van der Waals surface area contributed by atoms with Gasteiger partial charge >= 0.3 is 0 Å². The van der Waals surface area contributed by atoms with Crippen molar-refractivity contribution in [2.45, 2.75) is 50.8 Å². The zero-order valence-corrected chi connectivity index (χ0v) is 16.3. The average Bonchev–Trinajstić information content (AvgIpc) is 2.64. The maximum Gasteiger partial charge on any atom is 0.182 e. The van der Waals surface area contributed by atoms with Crippen molar-refractivity contribution in [3.05, 3.63) is 70.8 Å². The number of allylic oxidation sites excluding steroid dienone is 1. The normalized spacial score (nSPS) is 16.7. The summed E-state index contributed by atoms with van der Waals surface area (Å²) in [6.07, 6.45) is 4.05. The van der Waals surface area contributed by atoms with Crippen LogP contribution in [0, 0.1) is 13.8 Å². The molecule has 1 aliphatic rings. The molecular weight excluding hydrogens is 328 g/mol. The molecule has 0 aliphatic heterocycles. The fourth-order valence-electron chi connectivity index (χ4n) is 3.52. The van der Waals surface area contributed by atoms with E-state index >= 15 is 0 Å². The molecule has 0 amide bonds. The Labute approximate surface area is 151 Å². The standard InChI is InChI=1S/C22H26O2S/c1-16-7-10-19(11-8-16)25(23,24)15-18-6-5-13-22(3,4)21-14-17(2)9-12-20(18)21/h6-12,14H,5,13,15H2,1-4H3. The van der Waals surface area contributed by atoms with Gasteiger partial charge in [-0.25, -0.2) is 8.42 Å². The molecule has 0 saturated carbocycles. The van der Waals surface area contributed by atoms with E-state index in [1.165, 1.54) is 11.1 Å². The van der Waals surface area contributed by atoms with Crippen LogP contribution in [-0.2, 0) is 15.3 Å². The van der Waals surface area contributed by atoms with Crippen molar-refractivity contribution in [2.24, 2.45) is 0 Å². The topological polar surface area (TPSA) is 34.1 Å². The summed E-state index contributed by atoms with van der Waals surface area (Å²) in [5, 5.41) is 0. The molecule has 2 aromatic carbocycles. The quantitative estimate of drug-likeness (QED) is 0.756. The summed E-state index contributed by atoms with van der Waals surface area (Å²) in [4.78, 5) is 0.399. The molecule has 2 nitrogen and oxygen atoms in total. The molecule has 0 atom stereocenters. The third kappa shape index (κ3) is 3.72. The number of hydrogen-bond acceptors (Lipinski definition) is 2. The maximum absolute atomic E-state index is 12.9. The smallest absolute Gasteiger partial charge is 0.182 e. The van der Waals surface area contributed by atoms with Crippen LogP contribution in [0.25, 0.3) is 5.57 Å². The molecule has 3 heteroatoms. The van der Waals surface area contributed by atoms with Crippen LogP contribution in [0.2, 0.25) is 0 Å². The van der Waals surface area contributed by atoms with Gasteiger partial charge in [-0.1, -0.05) is 61.4 Å². The van der Waals surface area contributed by atoms with Gasteiger partial charge in [0.15, 0.2) is 9.84 Å². The van der Waals surface area contributed by atoms with Crippen molar-refractivity contribution in [1.29, 1.82) is 0 Å². The van der Waals surface area contributed by atoms with Crippen LogP contribution < -0.4 is 0 Å². The Hall–Kier alpha value is -1.87. The third-order valence-corrected chi connectivity index (χ3v) is 6.82. The first-order chi connectivity index (χ1) is 11.7. The minimum atomic E-state index is -3.35. The van der Waals surface area contributed by atoms with E-state index in [0.29, 0.717) is 4.90 Å². The Bertz CT molecular complexity index is 917. The molecule has 0 heterocycles. The third-order valence-electron chi connectivity index (χ3n) is 5.14. The van der Waals surface area contributed by atoms with Gasteiger partial charge in [-0.05, 0) is 60.9 Å². The lowest BCUT2D eigenvalue weighted by molar-refractivity contribution is 0.487. The first kappa shape index (κ1) is 17.9. The van der Waals surface area contributed by atoms with Crippen molar-refractivity contribution in [2.75, 3.05) is 5.75 Å². The minimum absolute atomic E-state index is 0.0488. The SMILES string of the molecule is Cc1ccc(S(=O)(=O)CC2=CCCC(C)(C)c3cc(C)ccc32)cc1. The van der Waals surface area contributed by atoms with Gasteiger partial charge in [0, 0.05) is 0 Å². The summed E-state index contributed by atoms with van der Waals surface area (Å²) in [6, 6.07) is 13.5. The van der Waals surface area contributed by atoms with Crippen LogP contribution in [-0.4, -0.2) is 14.2 Å². The summed E-state index contributed by atoms with van der Waals surface area (Å²) in [5.41, 5.74) is 5.61. The fourth-order valence-corrected chi connectivity index (χ4v) is 4.92. The number of sulfone groups is 1. The van der Waals surface area contributed by atoms with Gasteiger partial charge in [-0.2, -0.15) is 0 Å². The summed E-state index contributed by atoms with van der Waals surface area (Å²) in [7, 11) is -3.35. The van der Waals surface area contributed by atoms with Crippen LogP contribution in [0.4, 0.5) is 0 Å². The molecule has 0 spiro atoms. The molecule has 0 unspecified atom stereocenters. The Morgan fingerprint density at radius 2 is 1.60 bits per heavy atom. The fraction of sp³-hybridized carbons (Fsp3) is 0.364. The van der Waals surface area contributed by atoms with Crippen LogP contribution in [0.15, 0.2) is 53.4 Å². The van der Waals surface area contributed by atoms with E-state index in [1.807, 2.05) is 19.1 Å². The molecule has 0 fully saturated rings. The second kappa shape index (κ2) is 6.45. The lowest BCUT2D eigenvalue weighted by Gasteiger charge is -2.26. The molecule has 132 valence electrons. The molecule has 1 aliphatic carbocycles. The predicted octanol–water partition coefficient (Wildman–Crippen LogP) is 5.23. The Morgan fingerprint density at radius 3 is 2.28 bits per heavy atom. The minimum Gasteiger partial charge on any atom is -0.223 e. The molecular formula is C22H26O2S. The van der Waals surface area contributed by atoms with Crippen molar-refractivity contribution in [3.63, 3.8) is 0 Å². The van der Waals surface area contributed by atoms with Crippen LogP contribution >= 0.6 is 0 Å². The van der Waals surface area contributed by atoms with Gasteiger partial charge in [0.2, 0.25) is 0 Å². The number of aryl methyl sites for hydroxylation is 2. The molecule has 3 rings (SSSR count). The van der Waals surface area contributed by atoms with E-state index in [0.717, 1.165) is 29.5 Å². The van der Waals surface area contributed by atoms with E-state index in [2.05, 4.69) is 45.0 Å². The molecule has 25 heavy (non-hydrogen) atoms. The van der Waals surface area contributed by atoms with E-state index < -0.39 is 9.84 Å². The second-order valence-electron chi connectivity index (χ2n) is 7.77. The van der Waals surface area contributed by atoms with Crippen LogP contribution in [0.3, 0.4) is 0 Å². The Morgan fingerprint density at radius 1 is 0.960 bits per heavy atom. The summed E-state index contributed by atoms with van der Waals surface area (Å²) in [5.74, 6) is 0.0577. The van der Waals surface area contributed by atoms with Gasteiger partial charge in [-0.15, -0.1) is 0 Å². The van der Waals surface area contributed by atoms with Crippen molar-refractivity contribution >= 4 is 15.4 Å². The zero-order chi connectivity index (χ0) is 18.2. The summed E-state index contributed by atoms with van der Waals surface area (Å²) < 4.78 is 25.8. The largest absolute Gasteiger partial charge is 0.223 e. The lowest BCUT2D eigenvalue weighted by Crippen LogP contribution is -2.18. The first-order valence-corrected chi connectivity index (χ1v) is 10.4. The molecule has 0 N–H and O–H groups in total. The Kier molecular flexibility index (Phi) is 4.63. The zero-order valence-electron chi connectivity index (χ0n) is 15.5. The van der Waals surface area contributed by atoms with Gasteiger partial charge in [0.25, 0.3) is 0 Å². The summed E-state index contributed by atoms with van der Waals surface area (Å²) in [6.45, 7) is 8.55. The summed E-state index contributed by atoms with van der Waals surface area (Å²) >= 11 is 0. The van der Waals surface area contributed by atoms with Crippen LogP contribution in [0.1, 0.15) is 48.9 Å². The number of hydrogen-bond donors (Lipinski definition) is 0. The molecule has 2 aromatic rings. The van der Waals surface area contributed by atoms with E-state index in [-0.39, 0.29) is 11.2 Å². The highest BCUT2D eigenvalue weighted by Crippen LogP contribution is 2.39. The van der Waals surface area contributed by atoms with Crippen LogP contribution in [0.5, 0.6) is 0 Å². The number of fused-ring (bicyclic) bond motifs is 1. The monoisotopic (exact) mass is 354 g/mol. The second-order valence-corrected chi connectivity index (χ2v) is 9.76. The molecule has 0 bridgehead atoms. The lowest BCUT2D eigenvalue weighted by atomic mass is 9.78. The Balaban J connectivity index is 2.03. The van der Waals surface area contributed by atoms with Crippen molar-refractivity contribution < 1.29 is 8.42 Å². The van der Waals surface area contributed by atoms with Crippen molar-refractivity contribution in [3.8, 4) is 0 Å². The van der Waals surface area contributed by atoms with Gasteiger partial charge in [0.1, 0.15) is 0 Å². The highest BCUT2D eigenvalue weighted by molar-refractivity contribution is 7.91. The molecule has 0 radical (unpaired) electrons. The molecule has 0 aromatic heterocycles. The van der Waals surface area contributed by atoms with Gasteiger partial charge in [0.05, 0.1) is 10.6 Å². The number of benzene rings is 2. The van der Waals surface area contributed by atoms with Gasteiger partial charge < -0.3 is 0 Å². The van der Waals surface area contributed by atoms with E-state index in [1.54, 1.807) is 12.1 Å².